The molecule has 0 aliphatic rings. The van der Waals surface area contributed by atoms with Gasteiger partial charge in [0.15, 0.2) is 5.78 Å². The van der Waals surface area contributed by atoms with E-state index < -0.39 is 28.6 Å². The largest absolute Gasteiger partial charge is 0.417 e. The van der Waals surface area contributed by atoms with Gasteiger partial charge in [-0.15, -0.1) is 0 Å². The van der Waals surface area contributed by atoms with Crippen LogP contribution in [0.3, 0.4) is 0 Å². The number of halogens is 4. The molecule has 0 aliphatic heterocycles. The molecule has 16 heavy (non-hydrogen) atoms. The van der Waals surface area contributed by atoms with Crippen LogP contribution in [0.2, 0.25) is 5.02 Å². The summed E-state index contributed by atoms with van der Waals surface area (Å²) in [5.41, 5.74) is -1.30. The van der Waals surface area contributed by atoms with Crippen molar-refractivity contribution in [3.05, 3.63) is 34.3 Å². The van der Waals surface area contributed by atoms with Gasteiger partial charge in [0.1, 0.15) is 6.10 Å². The SMILES string of the molecule is CC(O)C(=O)c1ccc(Cl)c(C(F)(F)F)c1. The highest BCUT2D eigenvalue weighted by atomic mass is 35.5. The lowest BCUT2D eigenvalue weighted by Gasteiger charge is -2.11. The zero-order valence-corrected chi connectivity index (χ0v) is 8.93. The quantitative estimate of drug-likeness (QED) is 0.822. The van der Waals surface area contributed by atoms with Crippen LogP contribution in [0, 0.1) is 0 Å². The first-order chi connectivity index (χ1) is 7.23. The Balaban J connectivity index is 3.23. The Morgan fingerprint density at radius 2 is 2.00 bits per heavy atom. The first-order valence-electron chi connectivity index (χ1n) is 4.32. The van der Waals surface area contributed by atoms with E-state index in [1.54, 1.807) is 0 Å². The Morgan fingerprint density at radius 1 is 1.44 bits per heavy atom. The van der Waals surface area contributed by atoms with E-state index in [9.17, 15) is 18.0 Å². The Morgan fingerprint density at radius 3 is 2.44 bits per heavy atom. The standard InChI is InChI=1S/C10H8ClF3O2/c1-5(15)9(16)6-2-3-8(11)7(4-6)10(12,13)14/h2-5,15H,1H3. The molecule has 0 aromatic heterocycles. The maximum atomic E-state index is 12.4. The van der Waals surface area contributed by atoms with Gasteiger partial charge in [-0.25, -0.2) is 0 Å². The third kappa shape index (κ3) is 2.74. The number of hydrogen-bond donors (Lipinski definition) is 1. The van der Waals surface area contributed by atoms with Crippen molar-refractivity contribution in [1.82, 2.24) is 0 Å². The van der Waals surface area contributed by atoms with Crippen LogP contribution in [0.4, 0.5) is 13.2 Å². The second-order valence-electron chi connectivity index (χ2n) is 3.23. The Kier molecular flexibility index (Phi) is 3.60. The number of hydrogen-bond acceptors (Lipinski definition) is 2. The minimum absolute atomic E-state index is 0.216. The van der Waals surface area contributed by atoms with Gasteiger partial charge in [0, 0.05) is 5.56 Å². The molecule has 0 saturated carbocycles. The average molecular weight is 253 g/mol. The highest BCUT2D eigenvalue weighted by molar-refractivity contribution is 6.31. The maximum Gasteiger partial charge on any atom is 0.417 e. The van der Waals surface area contributed by atoms with E-state index in [0.29, 0.717) is 6.07 Å². The molecule has 1 unspecified atom stereocenters. The van der Waals surface area contributed by atoms with Crippen molar-refractivity contribution >= 4 is 17.4 Å². The summed E-state index contributed by atoms with van der Waals surface area (Å²) < 4.78 is 37.3. The number of rotatable bonds is 2. The van der Waals surface area contributed by atoms with Gasteiger partial charge in [0.2, 0.25) is 0 Å². The number of aliphatic hydroxyl groups is 1. The summed E-state index contributed by atoms with van der Waals surface area (Å²) in [6.45, 7) is 1.18. The fraction of sp³-hybridized carbons (Fsp3) is 0.300. The van der Waals surface area contributed by atoms with Gasteiger partial charge < -0.3 is 5.11 Å². The van der Waals surface area contributed by atoms with Gasteiger partial charge >= 0.3 is 6.18 Å². The lowest BCUT2D eigenvalue weighted by molar-refractivity contribution is -0.137. The fourth-order valence-corrected chi connectivity index (χ4v) is 1.36. The van der Waals surface area contributed by atoms with Crippen LogP contribution in [-0.2, 0) is 6.18 Å². The molecule has 1 aromatic rings. The highest BCUT2D eigenvalue weighted by Crippen LogP contribution is 2.35. The lowest BCUT2D eigenvalue weighted by atomic mass is 10.0. The number of aliphatic hydroxyl groups excluding tert-OH is 1. The molecule has 0 saturated heterocycles. The van der Waals surface area contributed by atoms with Crippen LogP contribution >= 0.6 is 11.6 Å². The normalized spacial score (nSPS) is 13.6. The van der Waals surface area contributed by atoms with Crippen molar-refractivity contribution in [3.8, 4) is 0 Å². The molecule has 0 bridgehead atoms. The monoisotopic (exact) mass is 252 g/mol. The van der Waals surface area contributed by atoms with Crippen molar-refractivity contribution in [2.75, 3.05) is 0 Å². The highest BCUT2D eigenvalue weighted by Gasteiger charge is 2.34. The number of ketones is 1. The van der Waals surface area contributed by atoms with E-state index >= 15 is 0 Å². The topological polar surface area (TPSA) is 37.3 Å². The van der Waals surface area contributed by atoms with Crippen LogP contribution in [0.5, 0.6) is 0 Å². The predicted octanol–water partition coefficient (Wildman–Crippen LogP) is 2.92. The van der Waals surface area contributed by atoms with Gasteiger partial charge in [0.25, 0.3) is 0 Å². The molecule has 1 N–H and O–H groups in total. The van der Waals surface area contributed by atoms with Gasteiger partial charge in [0.05, 0.1) is 10.6 Å². The number of carbonyl (C=O) groups excluding carboxylic acids is 1. The van der Waals surface area contributed by atoms with E-state index in [2.05, 4.69) is 0 Å². The lowest BCUT2D eigenvalue weighted by Crippen LogP contribution is -2.17. The van der Waals surface area contributed by atoms with E-state index in [0.717, 1.165) is 12.1 Å². The smallest absolute Gasteiger partial charge is 0.385 e. The van der Waals surface area contributed by atoms with Crippen LogP contribution < -0.4 is 0 Å². The Bertz CT molecular complexity index is 413. The summed E-state index contributed by atoms with van der Waals surface area (Å²) in [6.07, 6.45) is -5.96. The third-order valence-electron chi connectivity index (χ3n) is 1.94. The van der Waals surface area contributed by atoms with Crippen molar-refractivity contribution in [1.29, 1.82) is 0 Å². The Hall–Kier alpha value is -1.07. The zero-order valence-electron chi connectivity index (χ0n) is 8.18. The molecule has 0 fully saturated rings. The molecule has 0 spiro atoms. The summed E-state index contributed by atoms with van der Waals surface area (Å²) in [5, 5.41) is 8.50. The summed E-state index contributed by atoms with van der Waals surface area (Å²) in [6, 6.07) is 2.77. The molecule has 0 heterocycles. The fourth-order valence-electron chi connectivity index (χ4n) is 1.14. The van der Waals surface area contributed by atoms with E-state index in [4.69, 9.17) is 16.7 Å². The molecule has 6 heteroatoms. The van der Waals surface area contributed by atoms with Crippen molar-refractivity contribution in [2.24, 2.45) is 0 Å². The van der Waals surface area contributed by atoms with Crippen LogP contribution in [0.15, 0.2) is 18.2 Å². The summed E-state index contributed by atoms with van der Waals surface area (Å²) in [7, 11) is 0. The van der Waals surface area contributed by atoms with E-state index in [-0.39, 0.29) is 5.56 Å². The maximum absolute atomic E-state index is 12.4. The molecule has 1 atom stereocenters. The predicted molar refractivity (Wildman–Crippen MR) is 52.5 cm³/mol. The number of carbonyl (C=O) groups is 1. The minimum Gasteiger partial charge on any atom is -0.385 e. The summed E-state index contributed by atoms with van der Waals surface area (Å²) in [5.74, 6) is -0.776. The Labute approximate surface area is 94.6 Å². The van der Waals surface area contributed by atoms with Gasteiger partial charge in [-0.2, -0.15) is 13.2 Å². The number of Topliss-reactive ketones (excluding diaryl/α,β-unsaturated/α-hetero) is 1. The van der Waals surface area contributed by atoms with Gasteiger partial charge in [-0.1, -0.05) is 11.6 Å². The summed E-state index contributed by atoms with van der Waals surface area (Å²) >= 11 is 5.37. The van der Waals surface area contributed by atoms with Gasteiger partial charge in [-0.05, 0) is 25.1 Å². The molecular weight excluding hydrogens is 245 g/mol. The molecule has 0 amide bonds. The number of benzene rings is 1. The van der Waals surface area contributed by atoms with Crippen molar-refractivity contribution in [3.63, 3.8) is 0 Å². The van der Waals surface area contributed by atoms with Gasteiger partial charge in [-0.3, -0.25) is 4.79 Å². The van der Waals surface area contributed by atoms with Crippen LogP contribution in [0.25, 0.3) is 0 Å². The first-order valence-corrected chi connectivity index (χ1v) is 4.70. The molecule has 0 radical (unpaired) electrons. The molecular formula is C10H8ClF3O2. The minimum atomic E-state index is -4.62. The molecule has 1 rings (SSSR count). The second kappa shape index (κ2) is 4.43. The molecule has 88 valence electrons. The molecule has 0 aliphatic carbocycles. The van der Waals surface area contributed by atoms with E-state index in [1.165, 1.54) is 6.92 Å². The van der Waals surface area contributed by atoms with Crippen LogP contribution in [-0.4, -0.2) is 17.0 Å². The second-order valence-corrected chi connectivity index (χ2v) is 3.64. The zero-order chi connectivity index (χ0) is 12.5. The van der Waals surface area contributed by atoms with Crippen molar-refractivity contribution < 1.29 is 23.1 Å². The number of alkyl halides is 3. The molecule has 2 nitrogen and oxygen atoms in total. The molecule has 1 aromatic carbocycles. The average Bonchev–Trinajstić information content (AvgIpc) is 2.15. The van der Waals surface area contributed by atoms with Crippen molar-refractivity contribution in [2.45, 2.75) is 19.2 Å². The van der Waals surface area contributed by atoms with E-state index in [1.807, 2.05) is 0 Å². The van der Waals surface area contributed by atoms with Crippen LogP contribution in [0.1, 0.15) is 22.8 Å². The summed E-state index contributed by atoms with van der Waals surface area (Å²) in [4.78, 5) is 11.3. The first kappa shape index (κ1) is 13.0. The third-order valence-corrected chi connectivity index (χ3v) is 2.27.